The third-order valence-electron chi connectivity index (χ3n) is 5.37. The number of nitrogens with one attached hydrogen (secondary N) is 1. The second kappa shape index (κ2) is 9.28. The first kappa shape index (κ1) is 20.4. The lowest BCUT2D eigenvalue weighted by Crippen LogP contribution is -2.34. The first-order valence-corrected chi connectivity index (χ1v) is 11.7. The van der Waals surface area contributed by atoms with Gasteiger partial charge in [-0.3, -0.25) is 9.69 Å². The van der Waals surface area contributed by atoms with E-state index in [0.29, 0.717) is 5.76 Å². The minimum Gasteiger partial charge on any atom is -0.459 e. The van der Waals surface area contributed by atoms with Crippen LogP contribution in [0.4, 0.5) is 5.00 Å². The van der Waals surface area contributed by atoms with Gasteiger partial charge in [0.25, 0.3) is 5.91 Å². The van der Waals surface area contributed by atoms with Gasteiger partial charge in [-0.2, -0.15) is 0 Å². The van der Waals surface area contributed by atoms with Crippen LogP contribution in [0.25, 0.3) is 0 Å². The zero-order chi connectivity index (χ0) is 20.2. The van der Waals surface area contributed by atoms with Gasteiger partial charge in [-0.25, -0.2) is 0 Å². The second-order valence-corrected chi connectivity index (χ2v) is 9.39. The van der Waals surface area contributed by atoms with Crippen molar-refractivity contribution in [1.29, 1.82) is 0 Å². The highest BCUT2D eigenvalue weighted by atomic mass is 79.9. The molecular formula is C23H25BrN2O2S. The Bertz CT molecular complexity index is 944. The maximum absolute atomic E-state index is 12.7. The Labute approximate surface area is 184 Å². The fraction of sp³-hybridized carbons (Fsp3) is 0.348. The van der Waals surface area contributed by atoms with E-state index in [9.17, 15) is 4.79 Å². The molecule has 3 aromatic rings. The molecule has 1 aliphatic heterocycles. The lowest BCUT2D eigenvalue weighted by atomic mass is 9.96. The van der Waals surface area contributed by atoms with E-state index < -0.39 is 0 Å². The summed E-state index contributed by atoms with van der Waals surface area (Å²) in [6.45, 7) is 4.30. The highest BCUT2D eigenvalue weighted by Gasteiger charge is 2.28. The van der Waals surface area contributed by atoms with E-state index in [1.54, 1.807) is 23.5 Å². The van der Waals surface area contributed by atoms with Gasteiger partial charge in [-0.05, 0) is 68.2 Å². The summed E-state index contributed by atoms with van der Waals surface area (Å²) >= 11 is 5.22. The van der Waals surface area contributed by atoms with Crippen LogP contribution < -0.4 is 5.32 Å². The molecule has 4 rings (SSSR count). The van der Waals surface area contributed by atoms with E-state index in [4.69, 9.17) is 4.42 Å². The number of thiophene rings is 1. The van der Waals surface area contributed by atoms with Crippen molar-refractivity contribution < 1.29 is 9.21 Å². The van der Waals surface area contributed by atoms with E-state index in [1.807, 2.05) is 0 Å². The number of amides is 1. The molecule has 3 heterocycles. The van der Waals surface area contributed by atoms with Crippen LogP contribution in [0.5, 0.6) is 0 Å². The minimum absolute atomic E-state index is 0.131. The third kappa shape index (κ3) is 4.65. The van der Waals surface area contributed by atoms with E-state index in [-0.39, 0.29) is 11.9 Å². The number of rotatable bonds is 6. The number of hydrogen-bond donors (Lipinski definition) is 1. The van der Waals surface area contributed by atoms with Crippen LogP contribution in [0, 0.1) is 0 Å². The predicted octanol–water partition coefficient (Wildman–Crippen LogP) is 6.49. The number of furan rings is 1. The van der Waals surface area contributed by atoms with Gasteiger partial charge in [0.2, 0.25) is 0 Å². The van der Waals surface area contributed by atoms with Crippen LogP contribution in [0.3, 0.4) is 0 Å². The van der Waals surface area contributed by atoms with Crippen LogP contribution in [-0.2, 0) is 6.42 Å². The Morgan fingerprint density at radius 1 is 1.21 bits per heavy atom. The zero-order valence-corrected chi connectivity index (χ0v) is 18.9. The number of benzene rings is 1. The topological polar surface area (TPSA) is 45.5 Å². The molecule has 0 spiro atoms. The molecule has 0 aliphatic carbocycles. The van der Waals surface area contributed by atoms with Gasteiger partial charge in [-0.1, -0.05) is 41.4 Å². The number of nitrogens with zero attached hydrogens (tertiary/aromatic N) is 1. The number of carbonyl (C=O) groups is 1. The molecule has 0 saturated carbocycles. The molecule has 0 radical (unpaired) electrons. The van der Waals surface area contributed by atoms with Crippen molar-refractivity contribution in [3.63, 3.8) is 0 Å². The third-order valence-corrected chi connectivity index (χ3v) is 7.11. The van der Waals surface area contributed by atoms with Crippen LogP contribution in [0.15, 0.2) is 57.6 Å². The van der Waals surface area contributed by atoms with Gasteiger partial charge in [0.1, 0.15) is 5.00 Å². The van der Waals surface area contributed by atoms with Gasteiger partial charge in [0.15, 0.2) is 5.76 Å². The predicted molar refractivity (Wildman–Crippen MR) is 122 cm³/mol. The van der Waals surface area contributed by atoms with E-state index >= 15 is 0 Å². The zero-order valence-electron chi connectivity index (χ0n) is 16.5. The van der Waals surface area contributed by atoms with Gasteiger partial charge in [0.05, 0.1) is 12.3 Å². The molecule has 6 heteroatoms. The monoisotopic (exact) mass is 472 g/mol. The van der Waals surface area contributed by atoms with E-state index in [1.165, 1.54) is 41.5 Å². The average molecular weight is 473 g/mol. The summed E-state index contributed by atoms with van der Waals surface area (Å²) in [4.78, 5) is 16.5. The molecule has 1 saturated heterocycles. The van der Waals surface area contributed by atoms with Gasteiger partial charge < -0.3 is 9.73 Å². The summed E-state index contributed by atoms with van der Waals surface area (Å²) in [6, 6.07) is 14.4. The largest absolute Gasteiger partial charge is 0.459 e. The number of aryl methyl sites for hydroxylation is 1. The van der Waals surface area contributed by atoms with Gasteiger partial charge >= 0.3 is 0 Å². The molecule has 0 bridgehead atoms. The molecule has 1 fully saturated rings. The summed E-state index contributed by atoms with van der Waals surface area (Å²) in [5, 5.41) is 4.04. The Kier molecular flexibility index (Phi) is 6.53. The van der Waals surface area contributed by atoms with Crippen molar-refractivity contribution in [2.24, 2.45) is 0 Å². The lowest BCUT2D eigenvalue weighted by molar-refractivity contribution is 0.0996. The van der Waals surface area contributed by atoms with E-state index in [2.05, 4.69) is 63.4 Å². The van der Waals surface area contributed by atoms with Crippen molar-refractivity contribution in [1.82, 2.24) is 4.90 Å². The average Bonchev–Trinajstić information content (AvgIpc) is 3.41. The summed E-state index contributed by atoms with van der Waals surface area (Å²) in [5.41, 5.74) is 2.43. The number of anilines is 1. The SMILES string of the molecule is CCc1cc(C(c2ccc(Br)cc2)N2CCCCC2)c(NC(=O)c2ccco2)s1. The number of piperidine rings is 1. The quantitative estimate of drug-likeness (QED) is 0.445. The molecule has 29 heavy (non-hydrogen) atoms. The lowest BCUT2D eigenvalue weighted by Gasteiger charge is -2.35. The summed E-state index contributed by atoms with van der Waals surface area (Å²) in [5.74, 6) is 0.134. The summed E-state index contributed by atoms with van der Waals surface area (Å²) in [6.07, 6.45) is 6.19. The molecule has 152 valence electrons. The molecule has 1 unspecified atom stereocenters. The van der Waals surface area contributed by atoms with Gasteiger partial charge in [-0.15, -0.1) is 11.3 Å². The second-order valence-electron chi connectivity index (χ2n) is 7.33. The number of halogens is 1. The van der Waals surface area contributed by atoms with Crippen molar-refractivity contribution in [2.45, 2.75) is 38.6 Å². The summed E-state index contributed by atoms with van der Waals surface area (Å²) < 4.78 is 6.37. The minimum atomic E-state index is -0.200. The van der Waals surface area contributed by atoms with Crippen LogP contribution in [-0.4, -0.2) is 23.9 Å². The molecular weight excluding hydrogens is 448 g/mol. The fourth-order valence-electron chi connectivity index (χ4n) is 3.91. The summed E-state index contributed by atoms with van der Waals surface area (Å²) in [7, 11) is 0. The first-order chi connectivity index (χ1) is 14.2. The smallest absolute Gasteiger partial charge is 0.291 e. The molecule has 1 N–H and O–H groups in total. The van der Waals surface area contributed by atoms with Crippen LogP contribution in [0.2, 0.25) is 0 Å². The highest BCUT2D eigenvalue weighted by molar-refractivity contribution is 9.10. The van der Waals surface area contributed by atoms with Crippen molar-refractivity contribution in [2.75, 3.05) is 18.4 Å². The van der Waals surface area contributed by atoms with Crippen molar-refractivity contribution in [3.05, 3.63) is 75.0 Å². The van der Waals surface area contributed by atoms with Crippen molar-refractivity contribution in [3.8, 4) is 0 Å². The Hall–Kier alpha value is -1.89. The normalized spacial score (nSPS) is 15.9. The molecule has 1 aromatic carbocycles. The standard InChI is InChI=1S/C23H25BrN2O2S/c1-2-18-15-19(23(29-18)25-22(27)20-7-6-14-28-20)21(26-12-4-3-5-13-26)16-8-10-17(24)11-9-16/h6-11,14-15,21H,2-5,12-13H2,1H3,(H,25,27). The Balaban J connectivity index is 1.73. The number of carbonyl (C=O) groups excluding carboxylic acids is 1. The molecule has 1 aliphatic rings. The maximum Gasteiger partial charge on any atom is 0.291 e. The highest BCUT2D eigenvalue weighted by Crippen LogP contribution is 2.40. The molecule has 1 atom stereocenters. The molecule has 4 nitrogen and oxygen atoms in total. The van der Waals surface area contributed by atoms with Crippen LogP contribution >= 0.6 is 27.3 Å². The van der Waals surface area contributed by atoms with E-state index in [0.717, 1.165) is 29.0 Å². The number of likely N-dealkylation sites (tertiary alicyclic amines) is 1. The fourth-order valence-corrected chi connectivity index (χ4v) is 5.20. The maximum atomic E-state index is 12.7. The Morgan fingerprint density at radius 3 is 2.62 bits per heavy atom. The van der Waals surface area contributed by atoms with Gasteiger partial charge in [0, 0.05) is 14.9 Å². The van der Waals surface area contributed by atoms with Crippen molar-refractivity contribution >= 4 is 38.2 Å². The molecule has 1 amide bonds. The van der Waals surface area contributed by atoms with Crippen LogP contribution in [0.1, 0.15) is 58.8 Å². The molecule has 2 aromatic heterocycles. The first-order valence-electron chi connectivity index (χ1n) is 10.1. The number of hydrogen-bond acceptors (Lipinski definition) is 4. The Morgan fingerprint density at radius 2 is 1.97 bits per heavy atom.